The molecule has 0 unspecified atom stereocenters. The fourth-order valence-electron chi connectivity index (χ4n) is 1.28. The van der Waals surface area contributed by atoms with Crippen LogP contribution in [0, 0.1) is 6.92 Å². The Morgan fingerprint density at radius 2 is 2.17 bits per heavy atom. The Bertz CT molecular complexity index is 431. The molecule has 2 aromatic rings. The molecule has 0 amide bonds. The molecule has 0 saturated carbocycles. The number of hydrogen-bond acceptors (Lipinski definition) is 3. The number of aryl methyl sites for hydroxylation is 1. The third kappa shape index (κ3) is 1.09. The van der Waals surface area contributed by atoms with Crippen LogP contribution in [-0.2, 0) is 0 Å². The quantitative estimate of drug-likeness (QED) is 0.621. The van der Waals surface area contributed by atoms with Crippen molar-refractivity contribution in [3.63, 3.8) is 0 Å². The van der Waals surface area contributed by atoms with Gasteiger partial charge in [0.15, 0.2) is 0 Å². The molecule has 0 atom stereocenters. The lowest BCUT2D eigenvalue weighted by atomic mass is 10.2. The standard InChI is InChI=1S/C9H9NS2/c1-5-2-6-7(10)4-12-9(6)8(11)3-5/h2-4,11H,10H2,1H3. The molecule has 1 nitrogen and oxygen atoms in total. The average molecular weight is 195 g/mol. The van der Waals surface area contributed by atoms with Crippen LogP contribution in [0.3, 0.4) is 0 Å². The van der Waals surface area contributed by atoms with E-state index in [9.17, 15) is 0 Å². The molecule has 1 aromatic heterocycles. The summed E-state index contributed by atoms with van der Waals surface area (Å²) in [6, 6.07) is 4.16. The van der Waals surface area contributed by atoms with Gasteiger partial charge in [0, 0.05) is 20.4 Å². The zero-order chi connectivity index (χ0) is 8.72. The van der Waals surface area contributed by atoms with Crippen molar-refractivity contribution in [3.8, 4) is 0 Å². The molecule has 3 heteroatoms. The molecule has 0 bridgehead atoms. The van der Waals surface area contributed by atoms with Gasteiger partial charge >= 0.3 is 0 Å². The van der Waals surface area contributed by atoms with E-state index in [0.717, 1.165) is 16.0 Å². The zero-order valence-corrected chi connectivity index (χ0v) is 8.38. The Labute approximate surface area is 80.6 Å². The van der Waals surface area contributed by atoms with Crippen LogP contribution in [0.1, 0.15) is 5.56 Å². The van der Waals surface area contributed by atoms with Gasteiger partial charge in [-0.2, -0.15) is 0 Å². The van der Waals surface area contributed by atoms with Crippen LogP contribution in [0.5, 0.6) is 0 Å². The first-order valence-electron chi connectivity index (χ1n) is 3.65. The molecule has 12 heavy (non-hydrogen) atoms. The van der Waals surface area contributed by atoms with Crippen molar-refractivity contribution in [2.24, 2.45) is 0 Å². The molecule has 62 valence electrons. The molecule has 0 spiro atoms. The minimum atomic E-state index is 0.856. The molecule has 1 aromatic carbocycles. The second kappa shape index (κ2) is 2.68. The summed E-state index contributed by atoms with van der Waals surface area (Å²) in [7, 11) is 0. The Morgan fingerprint density at radius 3 is 2.92 bits per heavy atom. The largest absolute Gasteiger partial charge is 0.398 e. The predicted molar refractivity (Wildman–Crippen MR) is 58.2 cm³/mol. The first-order chi connectivity index (χ1) is 5.68. The van der Waals surface area contributed by atoms with Crippen LogP contribution >= 0.6 is 24.0 Å². The minimum absolute atomic E-state index is 0.856. The van der Waals surface area contributed by atoms with E-state index in [1.54, 1.807) is 11.3 Å². The number of rotatable bonds is 0. The maximum atomic E-state index is 5.79. The van der Waals surface area contributed by atoms with E-state index in [1.165, 1.54) is 10.3 Å². The number of nitrogens with two attached hydrogens (primary N) is 1. The first-order valence-corrected chi connectivity index (χ1v) is 4.97. The van der Waals surface area contributed by atoms with Crippen molar-refractivity contribution in [3.05, 3.63) is 23.1 Å². The van der Waals surface area contributed by atoms with Crippen LogP contribution in [-0.4, -0.2) is 0 Å². The third-order valence-electron chi connectivity index (χ3n) is 1.83. The van der Waals surface area contributed by atoms with Gasteiger partial charge in [0.1, 0.15) is 0 Å². The second-order valence-corrected chi connectivity index (χ2v) is 4.21. The van der Waals surface area contributed by atoms with E-state index in [0.29, 0.717) is 0 Å². The predicted octanol–water partition coefficient (Wildman–Crippen LogP) is 3.08. The molecule has 2 N–H and O–H groups in total. The fraction of sp³-hybridized carbons (Fsp3) is 0.111. The zero-order valence-electron chi connectivity index (χ0n) is 6.66. The molecular weight excluding hydrogens is 186 g/mol. The topological polar surface area (TPSA) is 26.0 Å². The van der Waals surface area contributed by atoms with E-state index < -0.39 is 0 Å². The van der Waals surface area contributed by atoms with E-state index in [4.69, 9.17) is 5.73 Å². The van der Waals surface area contributed by atoms with Gasteiger partial charge in [0.2, 0.25) is 0 Å². The molecule has 0 saturated heterocycles. The van der Waals surface area contributed by atoms with Crippen LogP contribution in [0.15, 0.2) is 22.4 Å². The number of thiol groups is 1. The number of fused-ring (bicyclic) bond motifs is 1. The molecule has 0 fully saturated rings. The van der Waals surface area contributed by atoms with Gasteiger partial charge in [-0.15, -0.1) is 24.0 Å². The monoisotopic (exact) mass is 195 g/mol. The van der Waals surface area contributed by atoms with Gasteiger partial charge in [0.25, 0.3) is 0 Å². The number of thiophene rings is 1. The summed E-state index contributed by atoms with van der Waals surface area (Å²) in [6.45, 7) is 2.05. The van der Waals surface area contributed by atoms with Crippen LogP contribution in [0.25, 0.3) is 10.1 Å². The van der Waals surface area contributed by atoms with Gasteiger partial charge in [-0.3, -0.25) is 0 Å². The summed E-state index contributed by atoms with van der Waals surface area (Å²) in [5.74, 6) is 0. The second-order valence-electron chi connectivity index (χ2n) is 2.85. The molecule has 0 aliphatic carbocycles. The number of nitrogen functional groups attached to an aromatic ring is 1. The van der Waals surface area contributed by atoms with Gasteiger partial charge < -0.3 is 5.73 Å². The lowest BCUT2D eigenvalue weighted by Crippen LogP contribution is -1.81. The molecule has 0 radical (unpaired) electrons. The number of hydrogen-bond donors (Lipinski definition) is 2. The summed E-state index contributed by atoms with van der Waals surface area (Å²) in [5.41, 5.74) is 7.85. The summed E-state index contributed by atoms with van der Waals surface area (Å²) >= 11 is 6.04. The van der Waals surface area contributed by atoms with Crippen LogP contribution in [0.2, 0.25) is 0 Å². The van der Waals surface area contributed by atoms with Crippen molar-refractivity contribution in [1.29, 1.82) is 0 Å². The van der Waals surface area contributed by atoms with Crippen molar-refractivity contribution in [1.82, 2.24) is 0 Å². The molecule has 0 aliphatic heterocycles. The Hall–Kier alpha value is -0.670. The van der Waals surface area contributed by atoms with Crippen molar-refractivity contribution < 1.29 is 0 Å². The lowest BCUT2D eigenvalue weighted by Gasteiger charge is -1.98. The molecule has 1 heterocycles. The van der Waals surface area contributed by atoms with Crippen molar-refractivity contribution in [2.75, 3.05) is 5.73 Å². The summed E-state index contributed by atoms with van der Waals surface area (Å²) in [4.78, 5) is 1.02. The SMILES string of the molecule is Cc1cc(S)c2scc(N)c2c1. The first kappa shape index (κ1) is 7.95. The Balaban J connectivity index is 2.92. The highest BCUT2D eigenvalue weighted by Gasteiger charge is 2.03. The van der Waals surface area contributed by atoms with E-state index in [1.807, 2.05) is 5.38 Å². The highest BCUT2D eigenvalue weighted by atomic mass is 32.1. The lowest BCUT2D eigenvalue weighted by molar-refractivity contribution is 1.44. The highest BCUT2D eigenvalue weighted by Crippen LogP contribution is 2.33. The fourth-order valence-corrected chi connectivity index (χ4v) is 2.62. The normalized spacial score (nSPS) is 10.8. The summed E-state index contributed by atoms with van der Waals surface area (Å²) in [6.07, 6.45) is 0. The average Bonchev–Trinajstić information content (AvgIpc) is 2.33. The minimum Gasteiger partial charge on any atom is -0.398 e. The number of benzene rings is 1. The van der Waals surface area contributed by atoms with Crippen LogP contribution < -0.4 is 5.73 Å². The Kier molecular flexibility index (Phi) is 1.77. The smallest absolute Gasteiger partial charge is 0.0503 e. The van der Waals surface area contributed by atoms with Gasteiger partial charge in [-0.1, -0.05) is 0 Å². The van der Waals surface area contributed by atoms with Gasteiger partial charge in [-0.05, 0) is 24.6 Å². The van der Waals surface area contributed by atoms with Gasteiger partial charge in [0.05, 0.1) is 5.69 Å². The molecule has 0 aliphatic rings. The van der Waals surface area contributed by atoms with E-state index in [-0.39, 0.29) is 0 Å². The van der Waals surface area contributed by atoms with Crippen LogP contribution in [0.4, 0.5) is 5.69 Å². The Morgan fingerprint density at radius 1 is 1.42 bits per heavy atom. The summed E-state index contributed by atoms with van der Waals surface area (Å²) < 4.78 is 1.18. The third-order valence-corrected chi connectivity index (χ3v) is 3.38. The molecular formula is C9H9NS2. The maximum Gasteiger partial charge on any atom is 0.0503 e. The van der Waals surface area contributed by atoms with E-state index >= 15 is 0 Å². The van der Waals surface area contributed by atoms with Crippen molar-refractivity contribution >= 4 is 39.7 Å². The van der Waals surface area contributed by atoms with Crippen molar-refractivity contribution in [2.45, 2.75) is 11.8 Å². The van der Waals surface area contributed by atoms with Gasteiger partial charge in [-0.25, -0.2) is 0 Å². The summed E-state index contributed by atoms with van der Waals surface area (Å²) in [5, 5.41) is 3.09. The number of anilines is 1. The van der Waals surface area contributed by atoms with E-state index in [2.05, 4.69) is 31.7 Å². The highest BCUT2D eigenvalue weighted by molar-refractivity contribution is 7.80. The maximum absolute atomic E-state index is 5.79. The molecule has 2 rings (SSSR count).